The van der Waals surface area contributed by atoms with E-state index in [1.165, 1.54) is 5.75 Å². The smallest absolute Gasteiger partial charge is 0.233 e. The Kier molecular flexibility index (Phi) is 3.34. The number of hydrogen-bond acceptors (Lipinski definition) is 6. The van der Waals surface area contributed by atoms with Crippen LogP contribution in [-0.4, -0.2) is 53.2 Å². The molecule has 2 aliphatic rings. The molecular weight excluding hydrogens is 248 g/mol. The molecule has 3 heterocycles. The molecule has 1 aromatic rings. The van der Waals surface area contributed by atoms with Gasteiger partial charge in [0.2, 0.25) is 5.89 Å². The molecule has 6 heteroatoms. The summed E-state index contributed by atoms with van der Waals surface area (Å²) in [7, 11) is 2.14. The van der Waals surface area contributed by atoms with Crippen LogP contribution in [0.2, 0.25) is 0 Å². The zero-order chi connectivity index (χ0) is 12.6. The van der Waals surface area contributed by atoms with Crippen LogP contribution in [0.5, 0.6) is 0 Å². The van der Waals surface area contributed by atoms with Crippen molar-refractivity contribution in [3.8, 4) is 0 Å². The number of nitrogens with one attached hydrogen (secondary N) is 1. The third-order valence-electron chi connectivity index (χ3n) is 4.02. The van der Waals surface area contributed by atoms with Crippen LogP contribution < -0.4 is 5.32 Å². The third kappa shape index (κ3) is 2.17. The van der Waals surface area contributed by atoms with E-state index in [9.17, 15) is 0 Å². The largest absolute Gasteiger partial charge is 0.339 e. The summed E-state index contributed by atoms with van der Waals surface area (Å²) in [5.74, 6) is 3.91. The van der Waals surface area contributed by atoms with Crippen LogP contribution in [0.4, 0.5) is 0 Å². The van der Waals surface area contributed by atoms with Crippen molar-refractivity contribution < 1.29 is 4.52 Å². The van der Waals surface area contributed by atoms with Crippen molar-refractivity contribution in [2.24, 2.45) is 0 Å². The Morgan fingerprint density at radius 1 is 1.56 bits per heavy atom. The quantitative estimate of drug-likeness (QED) is 0.865. The van der Waals surface area contributed by atoms with E-state index in [1.54, 1.807) is 0 Å². The molecule has 5 nitrogen and oxygen atoms in total. The first-order chi connectivity index (χ1) is 8.69. The van der Waals surface area contributed by atoms with Crippen molar-refractivity contribution in [3.63, 3.8) is 0 Å². The maximum atomic E-state index is 5.52. The summed E-state index contributed by atoms with van der Waals surface area (Å²) in [5.41, 5.74) is 0.0195. The fourth-order valence-corrected chi connectivity index (χ4v) is 3.78. The minimum absolute atomic E-state index is 0.0195. The van der Waals surface area contributed by atoms with Gasteiger partial charge in [-0.1, -0.05) is 5.16 Å². The summed E-state index contributed by atoms with van der Waals surface area (Å²) in [6, 6.07) is 0.305. The van der Waals surface area contributed by atoms with Crippen molar-refractivity contribution in [2.75, 3.05) is 38.2 Å². The number of rotatable bonds is 2. The van der Waals surface area contributed by atoms with Gasteiger partial charge in [-0.05, 0) is 26.9 Å². The average Bonchev–Trinajstić information content (AvgIpc) is 2.99. The molecule has 100 valence electrons. The molecule has 2 fully saturated rings. The minimum atomic E-state index is 0.0195. The molecule has 0 bridgehead atoms. The molecule has 0 aromatic carbocycles. The van der Waals surface area contributed by atoms with E-state index in [4.69, 9.17) is 4.52 Å². The average molecular weight is 268 g/mol. The highest BCUT2D eigenvalue weighted by Gasteiger charge is 2.37. The predicted molar refractivity (Wildman–Crippen MR) is 71.8 cm³/mol. The van der Waals surface area contributed by atoms with Gasteiger partial charge in [0.1, 0.15) is 0 Å². The number of nitrogens with zero attached hydrogens (tertiary/aromatic N) is 3. The van der Waals surface area contributed by atoms with E-state index in [0.717, 1.165) is 43.5 Å². The lowest BCUT2D eigenvalue weighted by Gasteiger charge is -2.29. The Hall–Kier alpha value is -0.590. The predicted octanol–water partition coefficient (Wildman–Crippen LogP) is 1.04. The molecule has 3 rings (SSSR count). The summed E-state index contributed by atoms with van der Waals surface area (Å²) >= 11 is 1.97. The van der Waals surface area contributed by atoms with E-state index < -0.39 is 0 Å². The van der Waals surface area contributed by atoms with Crippen molar-refractivity contribution in [1.29, 1.82) is 0 Å². The molecule has 2 saturated heterocycles. The van der Waals surface area contributed by atoms with E-state index in [1.807, 2.05) is 11.8 Å². The fraction of sp³-hybridized carbons (Fsp3) is 0.833. The molecule has 0 aliphatic carbocycles. The molecule has 1 N–H and O–H groups in total. The molecule has 0 amide bonds. The lowest BCUT2D eigenvalue weighted by atomic mass is 9.90. The van der Waals surface area contributed by atoms with Crippen LogP contribution in [0.1, 0.15) is 31.1 Å². The monoisotopic (exact) mass is 268 g/mol. The van der Waals surface area contributed by atoms with Gasteiger partial charge in [-0.3, -0.25) is 4.90 Å². The van der Waals surface area contributed by atoms with Crippen LogP contribution >= 0.6 is 11.8 Å². The Labute approximate surface area is 112 Å². The number of thioether (sulfide) groups is 1. The van der Waals surface area contributed by atoms with Gasteiger partial charge in [0.15, 0.2) is 5.82 Å². The van der Waals surface area contributed by atoms with Gasteiger partial charge in [-0.2, -0.15) is 16.7 Å². The first-order valence-corrected chi connectivity index (χ1v) is 7.67. The van der Waals surface area contributed by atoms with E-state index in [-0.39, 0.29) is 5.41 Å². The molecular formula is C12H20N4OS. The van der Waals surface area contributed by atoms with Gasteiger partial charge in [-0.15, -0.1) is 0 Å². The third-order valence-corrected chi connectivity index (χ3v) is 5.04. The highest BCUT2D eigenvalue weighted by molar-refractivity contribution is 7.99. The zero-order valence-corrected chi connectivity index (χ0v) is 11.8. The SMILES string of the molecule is CN1CCSCC1c1noc(C2(C)CCNC2)n1. The van der Waals surface area contributed by atoms with Crippen LogP contribution in [-0.2, 0) is 5.41 Å². The van der Waals surface area contributed by atoms with Gasteiger partial charge < -0.3 is 9.84 Å². The lowest BCUT2D eigenvalue weighted by Crippen LogP contribution is -2.33. The molecule has 0 saturated carbocycles. The van der Waals surface area contributed by atoms with E-state index >= 15 is 0 Å². The Morgan fingerprint density at radius 2 is 2.44 bits per heavy atom. The van der Waals surface area contributed by atoms with Gasteiger partial charge in [0.05, 0.1) is 11.5 Å². The molecule has 2 atom stereocenters. The van der Waals surface area contributed by atoms with Crippen molar-refractivity contribution in [2.45, 2.75) is 24.8 Å². The molecule has 2 aliphatic heterocycles. The Morgan fingerprint density at radius 3 is 3.17 bits per heavy atom. The van der Waals surface area contributed by atoms with E-state index in [2.05, 4.69) is 34.3 Å². The second-order valence-electron chi connectivity index (χ2n) is 5.52. The van der Waals surface area contributed by atoms with Crippen LogP contribution in [0.15, 0.2) is 4.52 Å². The van der Waals surface area contributed by atoms with Crippen LogP contribution in [0, 0.1) is 0 Å². The van der Waals surface area contributed by atoms with Gasteiger partial charge in [0.25, 0.3) is 0 Å². The first kappa shape index (κ1) is 12.4. The first-order valence-electron chi connectivity index (χ1n) is 6.52. The normalized spacial score (nSPS) is 34.0. The molecule has 1 aromatic heterocycles. The topological polar surface area (TPSA) is 54.2 Å². The molecule has 0 radical (unpaired) electrons. The Bertz CT molecular complexity index is 416. The molecule has 0 spiro atoms. The van der Waals surface area contributed by atoms with Gasteiger partial charge in [0, 0.05) is 24.6 Å². The Balaban J connectivity index is 1.80. The maximum absolute atomic E-state index is 5.52. The van der Waals surface area contributed by atoms with Crippen molar-refractivity contribution in [3.05, 3.63) is 11.7 Å². The highest BCUT2D eigenvalue weighted by atomic mass is 32.2. The maximum Gasteiger partial charge on any atom is 0.233 e. The molecule has 18 heavy (non-hydrogen) atoms. The standard InChI is InChI=1S/C12H20N4OS/c1-12(3-4-13-8-12)11-14-10(15-17-11)9-7-18-6-5-16(9)2/h9,13H,3-8H2,1-2H3. The van der Waals surface area contributed by atoms with Gasteiger partial charge >= 0.3 is 0 Å². The summed E-state index contributed by atoms with van der Waals surface area (Å²) in [4.78, 5) is 6.99. The summed E-state index contributed by atoms with van der Waals surface area (Å²) in [5, 5.41) is 7.58. The van der Waals surface area contributed by atoms with Crippen LogP contribution in [0.3, 0.4) is 0 Å². The van der Waals surface area contributed by atoms with Crippen molar-refractivity contribution in [1.82, 2.24) is 20.4 Å². The summed E-state index contributed by atoms with van der Waals surface area (Å²) < 4.78 is 5.52. The van der Waals surface area contributed by atoms with E-state index in [0.29, 0.717) is 6.04 Å². The minimum Gasteiger partial charge on any atom is -0.339 e. The summed E-state index contributed by atoms with van der Waals surface area (Å²) in [6.45, 7) is 5.26. The highest BCUT2D eigenvalue weighted by Crippen LogP contribution is 2.31. The lowest BCUT2D eigenvalue weighted by molar-refractivity contribution is 0.253. The number of hydrogen-bond donors (Lipinski definition) is 1. The second-order valence-corrected chi connectivity index (χ2v) is 6.67. The summed E-state index contributed by atoms with van der Waals surface area (Å²) in [6.07, 6.45) is 1.07. The fourth-order valence-electron chi connectivity index (χ4n) is 2.57. The van der Waals surface area contributed by atoms with Crippen molar-refractivity contribution >= 4 is 11.8 Å². The second kappa shape index (κ2) is 4.83. The van der Waals surface area contributed by atoms with Crippen LogP contribution in [0.25, 0.3) is 0 Å². The molecule has 2 unspecified atom stereocenters. The number of aromatic nitrogens is 2. The zero-order valence-electron chi connectivity index (χ0n) is 11.0. The van der Waals surface area contributed by atoms with Gasteiger partial charge in [-0.25, -0.2) is 0 Å².